The monoisotopic (exact) mass is 338 g/mol. The average Bonchev–Trinajstić information content (AvgIpc) is 2.90. The van der Waals surface area contributed by atoms with Crippen LogP contribution >= 0.6 is 0 Å². The molecule has 1 unspecified atom stereocenters. The predicted octanol–water partition coefficient (Wildman–Crippen LogP) is 1.24. The van der Waals surface area contributed by atoms with E-state index in [2.05, 4.69) is 17.4 Å². The van der Waals surface area contributed by atoms with Gasteiger partial charge in [0, 0.05) is 26.1 Å². The molecule has 1 heterocycles. The van der Waals surface area contributed by atoms with Crippen LogP contribution in [0.2, 0.25) is 0 Å². The van der Waals surface area contributed by atoms with Gasteiger partial charge in [-0.15, -0.1) is 0 Å². The van der Waals surface area contributed by atoms with Crippen molar-refractivity contribution >= 4 is 15.7 Å². The number of aryl methyl sites for hydroxylation is 1. The first-order chi connectivity index (χ1) is 11.0. The second-order valence-electron chi connectivity index (χ2n) is 6.15. The largest absolute Gasteiger partial charge is 0.342 e. The molecule has 0 aliphatic carbocycles. The molecule has 5 nitrogen and oxygen atoms in total. The summed E-state index contributed by atoms with van der Waals surface area (Å²) in [4.78, 5) is 13.7. The van der Waals surface area contributed by atoms with Gasteiger partial charge in [0.25, 0.3) is 0 Å². The standard InChI is InChI=1S/C17H26N2O3S/c1-19(16-10-13-23(21,22)14-16)17(20)9-12-18-11-5-8-15-6-3-2-4-7-15/h2-4,6-7,16,18H,5,8-14H2,1H3. The molecule has 0 saturated carbocycles. The van der Waals surface area contributed by atoms with Crippen LogP contribution in [0.1, 0.15) is 24.8 Å². The Kier molecular flexibility index (Phi) is 6.59. The van der Waals surface area contributed by atoms with Crippen molar-refractivity contribution in [3.05, 3.63) is 35.9 Å². The van der Waals surface area contributed by atoms with E-state index >= 15 is 0 Å². The van der Waals surface area contributed by atoms with Gasteiger partial charge in [-0.05, 0) is 31.4 Å². The minimum absolute atomic E-state index is 0.0164. The summed E-state index contributed by atoms with van der Waals surface area (Å²) in [7, 11) is -1.23. The second kappa shape index (κ2) is 8.45. The van der Waals surface area contributed by atoms with Gasteiger partial charge >= 0.3 is 0 Å². The van der Waals surface area contributed by atoms with E-state index in [0.29, 0.717) is 19.4 Å². The minimum Gasteiger partial charge on any atom is -0.342 e. The summed E-state index contributed by atoms with van der Waals surface area (Å²) in [5, 5.41) is 3.28. The summed E-state index contributed by atoms with van der Waals surface area (Å²) >= 11 is 0. The van der Waals surface area contributed by atoms with Crippen molar-refractivity contribution in [2.75, 3.05) is 31.6 Å². The van der Waals surface area contributed by atoms with Gasteiger partial charge in [0.2, 0.25) is 5.91 Å². The molecule has 1 aromatic carbocycles. The highest BCUT2D eigenvalue weighted by Crippen LogP contribution is 2.16. The highest BCUT2D eigenvalue weighted by Gasteiger charge is 2.32. The zero-order valence-corrected chi connectivity index (χ0v) is 14.5. The Bertz CT molecular complexity index is 602. The Morgan fingerprint density at radius 3 is 2.65 bits per heavy atom. The van der Waals surface area contributed by atoms with E-state index in [-0.39, 0.29) is 23.5 Å². The van der Waals surface area contributed by atoms with Crippen LogP contribution in [-0.4, -0.2) is 56.9 Å². The topological polar surface area (TPSA) is 66.5 Å². The maximum Gasteiger partial charge on any atom is 0.223 e. The van der Waals surface area contributed by atoms with Crippen LogP contribution in [0.3, 0.4) is 0 Å². The number of nitrogens with one attached hydrogen (secondary N) is 1. The van der Waals surface area contributed by atoms with Crippen LogP contribution in [0, 0.1) is 0 Å². The summed E-state index contributed by atoms with van der Waals surface area (Å²) in [6.45, 7) is 1.52. The Balaban J connectivity index is 1.58. The van der Waals surface area contributed by atoms with Crippen LogP contribution in [0.4, 0.5) is 0 Å². The Labute approximate surface area is 139 Å². The number of hydrogen-bond acceptors (Lipinski definition) is 4. The lowest BCUT2D eigenvalue weighted by Crippen LogP contribution is -2.39. The number of sulfone groups is 1. The molecule has 1 amide bonds. The van der Waals surface area contributed by atoms with Gasteiger partial charge < -0.3 is 10.2 Å². The fourth-order valence-corrected chi connectivity index (χ4v) is 4.62. The molecule has 23 heavy (non-hydrogen) atoms. The van der Waals surface area contributed by atoms with Crippen molar-refractivity contribution in [3.8, 4) is 0 Å². The van der Waals surface area contributed by atoms with E-state index in [0.717, 1.165) is 19.4 Å². The van der Waals surface area contributed by atoms with Crippen molar-refractivity contribution in [3.63, 3.8) is 0 Å². The van der Waals surface area contributed by atoms with Gasteiger partial charge in [-0.25, -0.2) is 8.42 Å². The van der Waals surface area contributed by atoms with E-state index in [1.54, 1.807) is 11.9 Å². The van der Waals surface area contributed by atoms with Crippen LogP contribution in [-0.2, 0) is 21.1 Å². The van der Waals surface area contributed by atoms with E-state index in [1.807, 2.05) is 18.2 Å². The van der Waals surface area contributed by atoms with Crippen LogP contribution in [0.25, 0.3) is 0 Å². The molecule has 0 aromatic heterocycles. The zero-order valence-electron chi connectivity index (χ0n) is 13.7. The number of hydrogen-bond donors (Lipinski definition) is 1. The molecule has 6 heteroatoms. The van der Waals surface area contributed by atoms with E-state index in [9.17, 15) is 13.2 Å². The summed E-state index contributed by atoms with van der Waals surface area (Å²) in [6.07, 6.45) is 3.05. The van der Waals surface area contributed by atoms with Crippen molar-refractivity contribution < 1.29 is 13.2 Å². The quantitative estimate of drug-likeness (QED) is 0.725. The predicted molar refractivity (Wildman–Crippen MR) is 92.1 cm³/mol. The molecule has 0 radical (unpaired) electrons. The minimum atomic E-state index is -2.94. The second-order valence-corrected chi connectivity index (χ2v) is 8.38. The fourth-order valence-electron chi connectivity index (χ4n) is 2.84. The van der Waals surface area contributed by atoms with Gasteiger partial charge in [0.1, 0.15) is 0 Å². The highest BCUT2D eigenvalue weighted by molar-refractivity contribution is 7.91. The lowest BCUT2D eigenvalue weighted by molar-refractivity contribution is -0.131. The lowest BCUT2D eigenvalue weighted by atomic mass is 10.1. The van der Waals surface area contributed by atoms with Crippen LogP contribution in [0.15, 0.2) is 30.3 Å². The molecule has 1 N–H and O–H groups in total. The third-order valence-electron chi connectivity index (χ3n) is 4.33. The summed E-state index contributed by atoms with van der Waals surface area (Å²) in [6, 6.07) is 10.2. The van der Waals surface area contributed by atoms with E-state index < -0.39 is 9.84 Å². The lowest BCUT2D eigenvalue weighted by Gasteiger charge is -2.23. The van der Waals surface area contributed by atoms with Crippen LogP contribution in [0.5, 0.6) is 0 Å². The summed E-state index contributed by atoms with van der Waals surface area (Å²) < 4.78 is 22.9. The van der Waals surface area contributed by atoms with Gasteiger partial charge in [0.15, 0.2) is 9.84 Å². The molecule has 1 aliphatic rings. The fraction of sp³-hybridized carbons (Fsp3) is 0.588. The van der Waals surface area contributed by atoms with E-state index in [4.69, 9.17) is 0 Å². The molecule has 0 spiro atoms. The number of amides is 1. The Morgan fingerprint density at radius 2 is 2.00 bits per heavy atom. The average molecular weight is 338 g/mol. The van der Waals surface area contributed by atoms with Crippen molar-refractivity contribution in [1.82, 2.24) is 10.2 Å². The molecule has 1 aromatic rings. The molecule has 1 aliphatic heterocycles. The third kappa shape index (κ3) is 5.95. The maximum absolute atomic E-state index is 12.1. The van der Waals surface area contributed by atoms with Crippen molar-refractivity contribution in [2.45, 2.75) is 31.7 Å². The molecule has 1 saturated heterocycles. The molecular formula is C17H26N2O3S. The first-order valence-electron chi connectivity index (χ1n) is 8.19. The molecule has 2 rings (SSSR count). The molecule has 0 bridgehead atoms. The normalized spacial score (nSPS) is 19.6. The van der Waals surface area contributed by atoms with E-state index in [1.165, 1.54) is 5.56 Å². The smallest absolute Gasteiger partial charge is 0.223 e. The molecule has 1 atom stereocenters. The van der Waals surface area contributed by atoms with Gasteiger partial charge in [-0.1, -0.05) is 30.3 Å². The molecular weight excluding hydrogens is 312 g/mol. The van der Waals surface area contributed by atoms with Crippen LogP contribution < -0.4 is 5.32 Å². The van der Waals surface area contributed by atoms with Crippen molar-refractivity contribution in [1.29, 1.82) is 0 Å². The Morgan fingerprint density at radius 1 is 1.26 bits per heavy atom. The third-order valence-corrected chi connectivity index (χ3v) is 6.08. The van der Waals surface area contributed by atoms with Gasteiger partial charge in [-0.2, -0.15) is 0 Å². The van der Waals surface area contributed by atoms with Crippen molar-refractivity contribution in [2.24, 2.45) is 0 Å². The zero-order chi connectivity index (χ0) is 16.7. The number of benzene rings is 1. The number of carbonyl (C=O) groups excluding carboxylic acids is 1. The first kappa shape index (κ1) is 17.9. The number of nitrogens with zero attached hydrogens (tertiary/aromatic N) is 1. The number of carbonyl (C=O) groups is 1. The number of rotatable bonds is 8. The molecule has 1 fully saturated rings. The summed E-state index contributed by atoms with van der Waals surface area (Å²) in [5.74, 6) is 0.329. The Hall–Kier alpha value is -1.40. The summed E-state index contributed by atoms with van der Waals surface area (Å²) in [5.41, 5.74) is 1.33. The molecule has 128 valence electrons. The van der Waals surface area contributed by atoms with Gasteiger partial charge in [-0.3, -0.25) is 4.79 Å². The maximum atomic E-state index is 12.1. The highest BCUT2D eigenvalue weighted by atomic mass is 32.2. The van der Waals surface area contributed by atoms with Gasteiger partial charge in [0.05, 0.1) is 11.5 Å². The SMILES string of the molecule is CN(C(=O)CCNCCCc1ccccc1)C1CCS(=O)(=O)C1. The first-order valence-corrected chi connectivity index (χ1v) is 10.0.